The lowest BCUT2D eigenvalue weighted by molar-refractivity contribution is 0.578. The summed E-state index contributed by atoms with van der Waals surface area (Å²) in [5.41, 5.74) is 0.782. The zero-order valence-electron chi connectivity index (χ0n) is 10.1. The second kappa shape index (κ2) is 4.89. The lowest BCUT2D eigenvalue weighted by atomic mass is 10.2. The minimum absolute atomic E-state index is 0.101. The van der Waals surface area contributed by atoms with Gasteiger partial charge in [0, 0.05) is 7.05 Å². The second-order valence-electron chi connectivity index (χ2n) is 3.87. The number of aromatic nitrogens is 3. The Morgan fingerprint density at radius 3 is 2.63 bits per heavy atom. The summed E-state index contributed by atoms with van der Waals surface area (Å²) in [6, 6.07) is 3.79. The Hall–Kier alpha value is -1.48. The number of anilines is 1. The Labute approximate surface area is 117 Å². The number of aryl methyl sites for hydroxylation is 2. The van der Waals surface area contributed by atoms with Crippen molar-refractivity contribution in [2.24, 2.45) is 7.05 Å². The summed E-state index contributed by atoms with van der Waals surface area (Å²) in [5, 5.41) is 7.11. The molecule has 2 rings (SSSR count). The maximum absolute atomic E-state index is 13.0. The van der Waals surface area contributed by atoms with Crippen LogP contribution in [0.2, 0.25) is 0 Å². The van der Waals surface area contributed by atoms with Crippen molar-refractivity contribution >= 4 is 31.6 Å². The van der Waals surface area contributed by atoms with Gasteiger partial charge < -0.3 is 0 Å². The van der Waals surface area contributed by atoms with Gasteiger partial charge in [0.15, 0.2) is 4.60 Å². The van der Waals surface area contributed by atoms with E-state index in [9.17, 15) is 12.8 Å². The first-order valence-corrected chi connectivity index (χ1v) is 7.43. The van der Waals surface area contributed by atoms with Crippen LogP contribution in [-0.2, 0) is 17.1 Å². The van der Waals surface area contributed by atoms with E-state index < -0.39 is 15.8 Å². The highest BCUT2D eigenvalue weighted by molar-refractivity contribution is 9.10. The van der Waals surface area contributed by atoms with E-state index in [1.54, 1.807) is 6.92 Å². The number of hydrogen-bond donors (Lipinski definition) is 1. The highest BCUT2D eigenvalue weighted by atomic mass is 79.9. The molecule has 0 saturated heterocycles. The molecule has 0 atom stereocenters. The number of nitrogens with one attached hydrogen (secondary N) is 1. The van der Waals surface area contributed by atoms with Crippen molar-refractivity contribution < 1.29 is 12.8 Å². The van der Waals surface area contributed by atoms with Crippen LogP contribution < -0.4 is 4.72 Å². The number of sulfonamides is 1. The van der Waals surface area contributed by atoms with Gasteiger partial charge in [0.2, 0.25) is 5.03 Å². The predicted octanol–water partition coefficient (Wildman–Crippen LogP) is 1.83. The van der Waals surface area contributed by atoms with Gasteiger partial charge in [0.25, 0.3) is 10.0 Å². The molecule has 6 nitrogen and oxygen atoms in total. The lowest BCUT2D eigenvalue weighted by Crippen LogP contribution is -2.17. The van der Waals surface area contributed by atoms with Crippen LogP contribution in [0.3, 0.4) is 0 Å². The summed E-state index contributed by atoms with van der Waals surface area (Å²) in [7, 11) is -2.39. The minimum Gasteiger partial charge on any atom is -0.278 e. The molecular formula is C10H10BrFN4O2S. The molecule has 0 unspecified atom stereocenters. The summed E-state index contributed by atoms with van der Waals surface area (Å²) in [6.45, 7) is 1.61. The quantitative estimate of drug-likeness (QED) is 0.917. The number of benzene rings is 1. The van der Waals surface area contributed by atoms with E-state index in [0.29, 0.717) is 11.3 Å². The van der Waals surface area contributed by atoms with Gasteiger partial charge >= 0.3 is 0 Å². The molecule has 9 heteroatoms. The van der Waals surface area contributed by atoms with Crippen molar-refractivity contribution in [3.8, 4) is 0 Å². The Bertz CT molecular complexity index is 710. The van der Waals surface area contributed by atoms with Gasteiger partial charge in [-0.3, -0.25) is 4.72 Å². The molecule has 0 amide bonds. The van der Waals surface area contributed by atoms with Gasteiger partial charge in [0.05, 0.1) is 5.69 Å². The monoisotopic (exact) mass is 348 g/mol. The highest BCUT2D eigenvalue weighted by Gasteiger charge is 2.24. The summed E-state index contributed by atoms with van der Waals surface area (Å²) >= 11 is 3.02. The van der Waals surface area contributed by atoms with Crippen molar-refractivity contribution in [1.82, 2.24) is 15.0 Å². The summed E-state index contributed by atoms with van der Waals surface area (Å²) in [4.78, 5) is 0. The fraction of sp³-hybridized carbons (Fsp3) is 0.200. The minimum atomic E-state index is -3.85. The van der Waals surface area contributed by atoms with E-state index in [4.69, 9.17) is 0 Å². The Morgan fingerprint density at radius 2 is 2.11 bits per heavy atom. The summed E-state index contributed by atoms with van der Waals surface area (Å²) in [6.07, 6.45) is 0. The fourth-order valence-electron chi connectivity index (χ4n) is 1.54. The Morgan fingerprint density at radius 1 is 1.42 bits per heavy atom. The molecule has 0 bridgehead atoms. The van der Waals surface area contributed by atoms with Crippen molar-refractivity contribution in [1.29, 1.82) is 0 Å². The zero-order valence-corrected chi connectivity index (χ0v) is 12.5. The molecule has 0 saturated carbocycles. The maximum atomic E-state index is 13.0. The molecule has 0 aliphatic rings. The molecular weight excluding hydrogens is 339 g/mol. The van der Waals surface area contributed by atoms with Gasteiger partial charge in [-0.05, 0) is 46.6 Å². The highest BCUT2D eigenvalue weighted by Crippen LogP contribution is 2.23. The molecule has 2 aromatic rings. The Kier molecular flexibility index (Phi) is 3.59. The molecule has 0 radical (unpaired) electrons. The van der Waals surface area contributed by atoms with Gasteiger partial charge in [0.1, 0.15) is 5.82 Å². The molecule has 1 aromatic carbocycles. The predicted molar refractivity (Wildman–Crippen MR) is 70.6 cm³/mol. The summed E-state index contributed by atoms with van der Waals surface area (Å²) < 4.78 is 41.0. The van der Waals surface area contributed by atoms with Crippen molar-refractivity contribution in [3.05, 3.63) is 34.2 Å². The van der Waals surface area contributed by atoms with Crippen LogP contribution in [-0.4, -0.2) is 23.4 Å². The van der Waals surface area contributed by atoms with Gasteiger partial charge in [-0.25, -0.2) is 9.07 Å². The van der Waals surface area contributed by atoms with Crippen LogP contribution >= 0.6 is 15.9 Å². The Balaban J connectivity index is 2.42. The molecule has 0 fully saturated rings. The van der Waals surface area contributed by atoms with E-state index in [2.05, 4.69) is 31.0 Å². The molecule has 1 N–H and O–H groups in total. The maximum Gasteiger partial charge on any atom is 0.281 e. The van der Waals surface area contributed by atoms with Crippen molar-refractivity contribution in [3.63, 3.8) is 0 Å². The third-order valence-corrected chi connectivity index (χ3v) is 4.68. The SMILES string of the molecule is Cc1cc(F)ccc1NS(=O)(=O)c1c(Br)nnn1C. The van der Waals surface area contributed by atoms with E-state index >= 15 is 0 Å². The zero-order chi connectivity index (χ0) is 14.2. The van der Waals surface area contributed by atoms with Crippen molar-refractivity contribution in [2.45, 2.75) is 11.9 Å². The van der Waals surface area contributed by atoms with Crippen LogP contribution in [0.1, 0.15) is 5.56 Å². The molecule has 0 spiro atoms. The first kappa shape index (κ1) is 13.9. The van der Waals surface area contributed by atoms with Gasteiger partial charge in [-0.2, -0.15) is 8.42 Å². The topological polar surface area (TPSA) is 76.9 Å². The average Bonchev–Trinajstić information content (AvgIpc) is 2.63. The number of rotatable bonds is 3. The largest absolute Gasteiger partial charge is 0.281 e. The molecule has 0 aliphatic carbocycles. The van der Waals surface area contributed by atoms with Gasteiger partial charge in [-0.1, -0.05) is 5.21 Å². The first-order chi connectivity index (χ1) is 8.81. The second-order valence-corrected chi connectivity index (χ2v) is 6.22. The molecule has 102 valence electrons. The van der Waals surface area contributed by atoms with Crippen LogP contribution in [0.25, 0.3) is 0 Å². The third kappa shape index (κ3) is 2.76. The van der Waals surface area contributed by atoms with E-state index in [-0.39, 0.29) is 9.63 Å². The van der Waals surface area contributed by atoms with Crippen molar-refractivity contribution in [2.75, 3.05) is 4.72 Å². The molecule has 0 aliphatic heterocycles. The third-order valence-electron chi connectivity index (χ3n) is 2.42. The van der Waals surface area contributed by atoms with E-state index in [0.717, 1.165) is 4.68 Å². The smallest absolute Gasteiger partial charge is 0.278 e. The number of hydrogen-bond acceptors (Lipinski definition) is 4. The van der Waals surface area contributed by atoms with Gasteiger partial charge in [-0.15, -0.1) is 5.10 Å². The molecule has 19 heavy (non-hydrogen) atoms. The molecule has 1 aromatic heterocycles. The van der Waals surface area contributed by atoms with Crippen LogP contribution in [0.4, 0.5) is 10.1 Å². The number of nitrogens with zero attached hydrogens (tertiary/aromatic N) is 3. The average molecular weight is 349 g/mol. The van der Waals surface area contributed by atoms with Crippen LogP contribution in [0, 0.1) is 12.7 Å². The normalized spacial score (nSPS) is 11.6. The first-order valence-electron chi connectivity index (χ1n) is 5.15. The van der Waals surface area contributed by atoms with E-state index in [1.165, 1.54) is 25.2 Å². The van der Waals surface area contributed by atoms with Crippen LogP contribution in [0.15, 0.2) is 27.8 Å². The number of halogens is 2. The molecule has 1 heterocycles. The lowest BCUT2D eigenvalue weighted by Gasteiger charge is -2.10. The fourth-order valence-corrected chi connectivity index (χ4v) is 3.77. The standard InChI is InChI=1S/C10H10BrFN4O2S/c1-6-5-7(12)3-4-8(6)14-19(17,18)10-9(11)13-15-16(10)2/h3-5,14H,1-2H3. The van der Waals surface area contributed by atoms with Crippen LogP contribution in [0.5, 0.6) is 0 Å². The van der Waals surface area contributed by atoms with E-state index in [1.807, 2.05) is 0 Å². The summed E-state index contributed by atoms with van der Waals surface area (Å²) in [5.74, 6) is -0.427.